The monoisotopic (exact) mass is 369 g/mol. The lowest BCUT2D eigenvalue weighted by Crippen LogP contribution is -2.67. The van der Waals surface area contributed by atoms with Crippen molar-refractivity contribution in [2.24, 2.45) is 0 Å². The Morgan fingerprint density at radius 3 is 2.54 bits per heavy atom. The van der Waals surface area contributed by atoms with Crippen LogP contribution in [0.2, 0.25) is 0 Å². The molecule has 0 spiro atoms. The van der Waals surface area contributed by atoms with Gasteiger partial charge in [-0.3, -0.25) is 4.79 Å². The maximum atomic E-state index is 11.8. The predicted octanol–water partition coefficient (Wildman–Crippen LogP) is -2.92. The van der Waals surface area contributed by atoms with Crippen molar-refractivity contribution >= 4 is 24.5 Å². The number of carboxylic acid groups (broad SMARTS) is 1. The first-order chi connectivity index (χ1) is 11.2. The molecule has 1 heterocycles. The maximum Gasteiger partial charge on any atom is 0.364 e. The lowest BCUT2D eigenvalue weighted by atomic mass is 9.88. The molecule has 140 valence electrons. The molecule has 1 saturated heterocycles. The molecule has 1 amide bonds. The summed E-state index contributed by atoms with van der Waals surface area (Å²) in [5.74, 6) is -4.07. The molecule has 6 atom stereocenters. The number of aliphatic carboxylic acids is 1. The fraction of sp³-hybridized carbons (Fsp3) is 0.846. The van der Waals surface area contributed by atoms with Crippen molar-refractivity contribution in [3.8, 4) is 0 Å². The quantitative estimate of drug-likeness (QED) is 0.222. The highest BCUT2D eigenvalue weighted by Crippen LogP contribution is 2.33. The third kappa shape index (κ3) is 4.57. The van der Waals surface area contributed by atoms with Crippen molar-refractivity contribution < 1.29 is 44.6 Å². The van der Waals surface area contributed by atoms with Gasteiger partial charge in [0.15, 0.2) is 0 Å². The molecular weight excluding hydrogens is 346 g/mol. The molecule has 0 aromatic rings. The first-order valence-electron chi connectivity index (χ1n) is 7.24. The molecule has 1 aliphatic heterocycles. The van der Waals surface area contributed by atoms with E-state index >= 15 is 0 Å². The van der Waals surface area contributed by atoms with Crippen LogP contribution in [0.3, 0.4) is 0 Å². The molecule has 24 heavy (non-hydrogen) atoms. The summed E-state index contributed by atoms with van der Waals surface area (Å²) in [4.78, 5) is 23.2. The van der Waals surface area contributed by atoms with E-state index in [0.717, 1.165) is 7.11 Å². The summed E-state index contributed by atoms with van der Waals surface area (Å²) in [6, 6.07) is -1.21. The lowest BCUT2D eigenvalue weighted by molar-refractivity contribution is -0.303. The highest BCUT2D eigenvalue weighted by Gasteiger charge is 2.55. The Hall–Kier alpha value is -0.950. The van der Waals surface area contributed by atoms with Crippen LogP contribution in [-0.4, -0.2) is 93.1 Å². The largest absolute Gasteiger partial charge is 0.477 e. The zero-order valence-corrected chi connectivity index (χ0v) is 13.9. The molecule has 0 aromatic heterocycles. The second-order valence-electron chi connectivity index (χ2n) is 5.42. The van der Waals surface area contributed by atoms with Gasteiger partial charge in [0, 0.05) is 20.0 Å². The zero-order chi connectivity index (χ0) is 18.5. The summed E-state index contributed by atoms with van der Waals surface area (Å²) >= 11 is 3.91. The van der Waals surface area contributed by atoms with E-state index in [-0.39, 0.29) is 12.2 Å². The topological polar surface area (TPSA) is 166 Å². The third-order valence-corrected chi connectivity index (χ3v) is 4.04. The highest BCUT2D eigenvalue weighted by molar-refractivity contribution is 7.80. The van der Waals surface area contributed by atoms with Gasteiger partial charge >= 0.3 is 5.97 Å². The summed E-state index contributed by atoms with van der Waals surface area (Å²) in [6.45, 7) is -0.832. The highest BCUT2D eigenvalue weighted by atomic mass is 32.1. The Morgan fingerprint density at radius 2 is 2.08 bits per heavy atom. The van der Waals surface area contributed by atoms with Gasteiger partial charge in [-0.05, 0) is 5.75 Å². The minimum Gasteiger partial charge on any atom is -0.477 e. The normalized spacial score (nSPS) is 32.8. The van der Waals surface area contributed by atoms with Crippen LogP contribution in [0.4, 0.5) is 0 Å². The van der Waals surface area contributed by atoms with Gasteiger partial charge in [0.2, 0.25) is 5.91 Å². The standard InChI is InChI=1S/C13H23NO9S/c1-22-13(12(20)21)4-6(16)9(14-8(18)2-3-24)11(23-13)10(19)7(17)5-15/h6-7,9-11,15-17,19,24H,2-5H2,1H3,(H,14,18)(H,20,21)/t6?,7-,9-,10-,11?,13-/m1/s1. The number of carboxylic acids is 1. The molecule has 0 radical (unpaired) electrons. The molecule has 0 aromatic carbocycles. The fourth-order valence-electron chi connectivity index (χ4n) is 2.47. The van der Waals surface area contributed by atoms with Crippen LogP contribution in [0, 0.1) is 0 Å². The minimum atomic E-state index is -2.26. The maximum absolute atomic E-state index is 11.8. The van der Waals surface area contributed by atoms with Crippen molar-refractivity contribution in [3.05, 3.63) is 0 Å². The number of aliphatic hydroxyl groups excluding tert-OH is 4. The van der Waals surface area contributed by atoms with Crippen LogP contribution in [-0.2, 0) is 19.1 Å². The van der Waals surface area contributed by atoms with E-state index in [2.05, 4.69) is 17.9 Å². The van der Waals surface area contributed by atoms with Gasteiger partial charge in [-0.2, -0.15) is 12.6 Å². The van der Waals surface area contributed by atoms with Gasteiger partial charge in [0.1, 0.15) is 18.3 Å². The van der Waals surface area contributed by atoms with Crippen LogP contribution in [0.5, 0.6) is 0 Å². The van der Waals surface area contributed by atoms with E-state index in [1.807, 2.05) is 0 Å². The van der Waals surface area contributed by atoms with Crippen molar-refractivity contribution in [1.82, 2.24) is 5.32 Å². The van der Waals surface area contributed by atoms with Gasteiger partial charge in [-0.15, -0.1) is 0 Å². The molecule has 0 aliphatic carbocycles. The molecule has 1 rings (SSSR count). The summed E-state index contributed by atoms with van der Waals surface area (Å²) in [6.07, 6.45) is -6.91. The molecule has 10 nitrogen and oxygen atoms in total. The lowest BCUT2D eigenvalue weighted by Gasteiger charge is -2.46. The first kappa shape index (κ1) is 21.1. The van der Waals surface area contributed by atoms with Crippen molar-refractivity contribution in [3.63, 3.8) is 0 Å². The van der Waals surface area contributed by atoms with Gasteiger partial charge in [0.05, 0.1) is 18.8 Å². The molecule has 0 bridgehead atoms. The number of ether oxygens (including phenoxy) is 2. The second-order valence-corrected chi connectivity index (χ2v) is 5.87. The fourth-order valence-corrected chi connectivity index (χ4v) is 2.67. The van der Waals surface area contributed by atoms with E-state index in [0.29, 0.717) is 0 Å². The van der Waals surface area contributed by atoms with Gasteiger partial charge in [-0.25, -0.2) is 4.79 Å². The Labute approximate surface area is 143 Å². The minimum absolute atomic E-state index is 0.0199. The molecule has 1 aliphatic rings. The molecule has 0 saturated carbocycles. The van der Waals surface area contributed by atoms with Crippen molar-refractivity contribution in [2.45, 2.75) is 49.1 Å². The Balaban J connectivity index is 3.12. The number of aliphatic hydroxyl groups is 4. The number of nitrogens with one attached hydrogen (secondary N) is 1. The number of hydrogen-bond donors (Lipinski definition) is 7. The number of hydrogen-bond acceptors (Lipinski definition) is 9. The van der Waals surface area contributed by atoms with Gasteiger partial charge in [-0.1, -0.05) is 0 Å². The third-order valence-electron chi connectivity index (χ3n) is 3.81. The number of thiol groups is 1. The van der Waals surface area contributed by atoms with Crippen molar-refractivity contribution in [2.75, 3.05) is 19.5 Å². The number of carbonyl (C=O) groups is 2. The number of carbonyl (C=O) groups excluding carboxylic acids is 1. The SMILES string of the molecule is CO[C@]1(C(=O)O)CC(O)[C@@H](NC(=O)CCS)C([C@H](O)[C@H](O)CO)O1. The molecular formula is C13H23NO9S. The Morgan fingerprint density at radius 1 is 1.46 bits per heavy atom. The second kappa shape index (κ2) is 8.94. The molecule has 2 unspecified atom stereocenters. The van der Waals surface area contributed by atoms with E-state index in [4.69, 9.17) is 14.6 Å². The summed E-state index contributed by atoms with van der Waals surface area (Å²) in [5.41, 5.74) is 0. The van der Waals surface area contributed by atoms with E-state index in [9.17, 15) is 30.0 Å². The number of amides is 1. The van der Waals surface area contributed by atoms with Crippen LogP contribution in [0.25, 0.3) is 0 Å². The average molecular weight is 369 g/mol. The van der Waals surface area contributed by atoms with E-state index < -0.39 is 61.1 Å². The average Bonchev–Trinajstić information content (AvgIpc) is 2.55. The smallest absolute Gasteiger partial charge is 0.364 e. The van der Waals surface area contributed by atoms with Gasteiger partial charge < -0.3 is 40.3 Å². The molecule has 1 fully saturated rings. The Kier molecular flexibility index (Phi) is 7.86. The summed E-state index contributed by atoms with van der Waals surface area (Å²) in [5, 5.41) is 50.7. The van der Waals surface area contributed by atoms with E-state index in [1.165, 1.54) is 0 Å². The van der Waals surface area contributed by atoms with Crippen LogP contribution < -0.4 is 5.32 Å². The summed E-state index contributed by atoms with van der Waals surface area (Å²) in [7, 11) is 1.05. The Bertz CT molecular complexity index is 451. The van der Waals surface area contributed by atoms with Crippen LogP contribution in [0.15, 0.2) is 0 Å². The van der Waals surface area contributed by atoms with Crippen LogP contribution >= 0.6 is 12.6 Å². The zero-order valence-electron chi connectivity index (χ0n) is 13.0. The first-order valence-corrected chi connectivity index (χ1v) is 7.87. The number of methoxy groups -OCH3 is 1. The molecule has 6 N–H and O–H groups in total. The van der Waals surface area contributed by atoms with Crippen molar-refractivity contribution in [1.29, 1.82) is 0 Å². The van der Waals surface area contributed by atoms with Gasteiger partial charge in [0.25, 0.3) is 5.79 Å². The number of rotatable bonds is 8. The predicted molar refractivity (Wildman–Crippen MR) is 82.4 cm³/mol. The summed E-state index contributed by atoms with van der Waals surface area (Å²) < 4.78 is 10.1. The van der Waals surface area contributed by atoms with Crippen LogP contribution in [0.1, 0.15) is 12.8 Å². The molecule has 11 heteroatoms. The van der Waals surface area contributed by atoms with E-state index in [1.54, 1.807) is 0 Å².